The number of nitrogens with one attached hydrogen (secondary N) is 3. The molecule has 1 heterocycles. The van der Waals surface area contributed by atoms with Gasteiger partial charge in [-0.05, 0) is 48.7 Å². The van der Waals surface area contributed by atoms with Gasteiger partial charge >= 0.3 is 6.03 Å². The first-order valence-electron chi connectivity index (χ1n) is 9.19. The molecule has 7 heteroatoms. The Labute approximate surface area is 158 Å². The Balaban J connectivity index is 1.55. The van der Waals surface area contributed by atoms with Gasteiger partial charge in [-0.15, -0.1) is 0 Å². The SMILES string of the molecule is NC1(C(=O)Nc2cccc(NC(=O)NCc3ccncc3)c2)CCCCC1. The Morgan fingerprint density at radius 2 is 1.67 bits per heavy atom. The van der Waals surface area contributed by atoms with Crippen molar-refractivity contribution in [2.45, 2.75) is 44.2 Å². The molecule has 1 aliphatic carbocycles. The van der Waals surface area contributed by atoms with Crippen molar-refractivity contribution in [1.29, 1.82) is 0 Å². The zero-order valence-corrected chi connectivity index (χ0v) is 15.2. The van der Waals surface area contributed by atoms with Crippen molar-refractivity contribution in [2.75, 3.05) is 10.6 Å². The van der Waals surface area contributed by atoms with Crippen LogP contribution in [-0.4, -0.2) is 22.5 Å². The second-order valence-electron chi connectivity index (χ2n) is 6.91. The van der Waals surface area contributed by atoms with Gasteiger partial charge < -0.3 is 21.7 Å². The van der Waals surface area contributed by atoms with Crippen LogP contribution < -0.4 is 21.7 Å². The van der Waals surface area contributed by atoms with Gasteiger partial charge in [-0.2, -0.15) is 0 Å². The van der Waals surface area contributed by atoms with E-state index in [1.165, 1.54) is 0 Å². The number of nitrogens with two attached hydrogens (primary N) is 1. The van der Waals surface area contributed by atoms with Crippen LogP contribution in [0.1, 0.15) is 37.7 Å². The van der Waals surface area contributed by atoms with Crippen LogP contribution in [0.25, 0.3) is 0 Å². The van der Waals surface area contributed by atoms with Crippen molar-refractivity contribution in [2.24, 2.45) is 5.73 Å². The largest absolute Gasteiger partial charge is 0.334 e. The Morgan fingerprint density at radius 1 is 1.00 bits per heavy atom. The van der Waals surface area contributed by atoms with Crippen molar-refractivity contribution in [3.63, 3.8) is 0 Å². The van der Waals surface area contributed by atoms with E-state index in [1.54, 1.807) is 36.7 Å². The number of benzene rings is 1. The fourth-order valence-electron chi connectivity index (χ4n) is 3.20. The second-order valence-corrected chi connectivity index (χ2v) is 6.91. The number of nitrogens with zero attached hydrogens (tertiary/aromatic N) is 1. The monoisotopic (exact) mass is 367 g/mol. The van der Waals surface area contributed by atoms with Crippen molar-refractivity contribution in [3.05, 3.63) is 54.4 Å². The first-order chi connectivity index (χ1) is 13.0. The molecule has 142 valence electrons. The van der Waals surface area contributed by atoms with E-state index in [-0.39, 0.29) is 11.9 Å². The molecule has 0 bridgehead atoms. The number of amides is 3. The summed E-state index contributed by atoms with van der Waals surface area (Å²) in [5.41, 5.74) is 7.63. The fraction of sp³-hybridized carbons (Fsp3) is 0.350. The van der Waals surface area contributed by atoms with Crippen LogP contribution in [-0.2, 0) is 11.3 Å². The Hall–Kier alpha value is -2.93. The lowest BCUT2D eigenvalue weighted by atomic mass is 9.82. The average Bonchev–Trinajstić information content (AvgIpc) is 2.68. The molecule has 0 radical (unpaired) electrons. The van der Waals surface area contributed by atoms with Crippen LogP contribution in [0.3, 0.4) is 0 Å². The van der Waals surface area contributed by atoms with Gasteiger partial charge in [0.2, 0.25) is 5.91 Å². The highest BCUT2D eigenvalue weighted by Gasteiger charge is 2.35. The molecule has 0 aliphatic heterocycles. The fourth-order valence-corrected chi connectivity index (χ4v) is 3.20. The lowest BCUT2D eigenvalue weighted by Crippen LogP contribution is -2.52. The molecule has 0 unspecified atom stereocenters. The lowest BCUT2D eigenvalue weighted by Gasteiger charge is -2.31. The highest BCUT2D eigenvalue weighted by Crippen LogP contribution is 2.27. The van der Waals surface area contributed by atoms with E-state index in [2.05, 4.69) is 20.9 Å². The summed E-state index contributed by atoms with van der Waals surface area (Å²) >= 11 is 0. The van der Waals surface area contributed by atoms with Crippen LogP contribution in [0.15, 0.2) is 48.8 Å². The minimum absolute atomic E-state index is 0.165. The number of hydrogen-bond acceptors (Lipinski definition) is 4. The molecule has 1 aromatic heterocycles. The van der Waals surface area contributed by atoms with Gasteiger partial charge in [-0.3, -0.25) is 9.78 Å². The van der Waals surface area contributed by atoms with Crippen LogP contribution in [0.5, 0.6) is 0 Å². The zero-order valence-electron chi connectivity index (χ0n) is 15.2. The van der Waals surface area contributed by atoms with Gasteiger partial charge in [0.25, 0.3) is 0 Å². The van der Waals surface area contributed by atoms with E-state index >= 15 is 0 Å². The van der Waals surface area contributed by atoms with Crippen molar-refractivity contribution in [1.82, 2.24) is 10.3 Å². The number of aromatic nitrogens is 1. The molecule has 2 aromatic rings. The summed E-state index contributed by atoms with van der Waals surface area (Å²) in [5, 5.41) is 8.43. The molecule has 7 nitrogen and oxygen atoms in total. The van der Waals surface area contributed by atoms with E-state index in [0.717, 1.165) is 24.8 Å². The molecular formula is C20H25N5O2. The number of urea groups is 1. The number of carbonyl (C=O) groups is 2. The molecule has 5 N–H and O–H groups in total. The van der Waals surface area contributed by atoms with E-state index in [9.17, 15) is 9.59 Å². The summed E-state index contributed by atoms with van der Waals surface area (Å²) < 4.78 is 0. The number of anilines is 2. The van der Waals surface area contributed by atoms with E-state index in [4.69, 9.17) is 5.73 Å². The molecule has 1 aromatic carbocycles. The summed E-state index contributed by atoms with van der Waals surface area (Å²) in [7, 11) is 0. The maximum Gasteiger partial charge on any atom is 0.319 e. The predicted octanol–water partition coefficient (Wildman–Crippen LogP) is 3.00. The third kappa shape index (κ3) is 5.27. The van der Waals surface area contributed by atoms with Gasteiger partial charge in [0.15, 0.2) is 0 Å². The third-order valence-corrected chi connectivity index (χ3v) is 4.78. The predicted molar refractivity (Wildman–Crippen MR) is 105 cm³/mol. The highest BCUT2D eigenvalue weighted by molar-refractivity contribution is 5.99. The molecule has 0 atom stereocenters. The Bertz CT molecular complexity index is 788. The van der Waals surface area contributed by atoms with Crippen LogP contribution in [0.2, 0.25) is 0 Å². The molecule has 0 saturated heterocycles. The number of carbonyl (C=O) groups excluding carboxylic acids is 2. The quantitative estimate of drug-likeness (QED) is 0.651. The number of hydrogen-bond donors (Lipinski definition) is 4. The van der Waals surface area contributed by atoms with Gasteiger partial charge in [0.05, 0.1) is 5.54 Å². The molecule has 27 heavy (non-hydrogen) atoms. The van der Waals surface area contributed by atoms with Crippen LogP contribution in [0.4, 0.5) is 16.2 Å². The van der Waals surface area contributed by atoms with Crippen LogP contribution in [0, 0.1) is 0 Å². The standard InChI is InChI=1S/C20H25N5O2/c21-20(9-2-1-3-10-20)18(26)24-16-5-4-6-17(13-16)25-19(27)23-14-15-7-11-22-12-8-15/h4-8,11-13H,1-3,9-10,14,21H2,(H,24,26)(H2,23,25,27). The van der Waals surface area contributed by atoms with Crippen molar-refractivity contribution >= 4 is 23.3 Å². The number of rotatable bonds is 5. The average molecular weight is 367 g/mol. The number of pyridine rings is 1. The molecule has 0 spiro atoms. The Morgan fingerprint density at radius 3 is 2.37 bits per heavy atom. The first-order valence-corrected chi connectivity index (χ1v) is 9.19. The van der Waals surface area contributed by atoms with E-state index < -0.39 is 5.54 Å². The van der Waals surface area contributed by atoms with Crippen LogP contribution >= 0.6 is 0 Å². The van der Waals surface area contributed by atoms with E-state index in [0.29, 0.717) is 30.8 Å². The lowest BCUT2D eigenvalue weighted by molar-refractivity contribution is -0.122. The summed E-state index contributed by atoms with van der Waals surface area (Å²) in [5.74, 6) is -0.165. The minimum Gasteiger partial charge on any atom is -0.334 e. The van der Waals surface area contributed by atoms with E-state index in [1.807, 2.05) is 12.1 Å². The molecule has 3 amide bonds. The maximum absolute atomic E-state index is 12.5. The van der Waals surface area contributed by atoms with Gasteiger partial charge in [-0.1, -0.05) is 25.3 Å². The summed E-state index contributed by atoms with van der Waals surface area (Å²) in [6, 6.07) is 10.4. The molecule has 3 rings (SSSR count). The summed E-state index contributed by atoms with van der Waals surface area (Å²) in [6.07, 6.45) is 7.84. The van der Waals surface area contributed by atoms with Gasteiger partial charge in [0, 0.05) is 30.3 Å². The van der Waals surface area contributed by atoms with Gasteiger partial charge in [-0.25, -0.2) is 4.79 Å². The smallest absolute Gasteiger partial charge is 0.319 e. The molecule has 1 aliphatic rings. The highest BCUT2D eigenvalue weighted by atomic mass is 16.2. The molecular weight excluding hydrogens is 342 g/mol. The summed E-state index contributed by atoms with van der Waals surface area (Å²) in [4.78, 5) is 28.6. The zero-order chi connectivity index (χ0) is 19.1. The summed E-state index contributed by atoms with van der Waals surface area (Å²) in [6.45, 7) is 0.403. The Kier molecular flexibility index (Phi) is 6.03. The van der Waals surface area contributed by atoms with Crippen molar-refractivity contribution < 1.29 is 9.59 Å². The normalized spacial score (nSPS) is 15.6. The first kappa shape index (κ1) is 18.8. The maximum atomic E-state index is 12.5. The molecule has 1 saturated carbocycles. The van der Waals surface area contributed by atoms with Gasteiger partial charge in [0.1, 0.15) is 0 Å². The van der Waals surface area contributed by atoms with Crippen molar-refractivity contribution in [3.8, 4) is 0 Å². The third-order valence-electron chi connectivity index (χ3n) is 4.78. The second kappa shape index (κ2) is 8.64. The topological polar surface area (TPSA) is 109 Å². The minimum atomic E-state index is -0.802. The molecule has 1 fully saturated rings.